The second kappa shape index (κ2) is 2.31. The molecular formula is C9H5FN. The van der Waals surface area contributed by atoms with Crippen molar-refractivity contribution in [3.63, 3.8) is 0 Å². The van der Waals surface area contributed by atoms with Gasteiger partial charge in [-0.1, -0.05) is 18.2 Å². The summed E-state index contributed by atoms with van der Waals surface area (Å²) in [6.07, 6.45) is 0. The Bertz CT molecular complexity index is 384. The van der Waals surface area contributed by atoms with Crippen molar-refractivity contribution in [2.24, 2.45) is 0 Å². The molecule has 53 valence electrons. The van der Waals surface area contributed by atoms with Crippen molar-refractivity contribution in [1.29, 1.82) is 0 Å². The van der Waals surface area contributed by atoms with Crippen molar-refractivity contribution in [3.05, 3.63) is 42.3 Å². The predicted molar refractivity (Wildman–Crippen MR) is 40.5 cm³/mol. The van der Waals surface area contributed by atoms with Gasteiger partial charge < -0.3 is 0 Å². The maximum atomic E-state index is 12.5. The number of hydrogen-bond acceptors (Lipinski definition) is 1. The van der Waals surface area contributed by atoms with E-state index in [9.17, 15) is 4.39 Å². The van der Waals surface area contributed by atoms with E-state index in [1.807, 2.05) is 12.1 Å². The standard InChI is InChI=1S/C9H5FN/c10-9-6-5-7-3-1-2-4-8(7)11-9/h1-3,5-6H. The van der Waals surface area contributed by atoms with Gasteiger partial charge in [0.1, 0.15) is 0 Å². The Morgan fingerprint density at radius 1 is 1.27 bits per heavy atom. The van der Waals surface area contributed by atoms with Gasteiger partial charge in [-0.25, -0.2) is 4.98 Å². The molecule has 0 amide bonds. The Morgan fingerprint density at radius 2 is 2.18 bits per heavy atom. The van der Waals surface area contributed by atoms with Gasteiger partial charge >= 0.3 is 0 Å². The number of hydrogen-bond donors (Lipinski definition) is 0. The molecule has 1 radical (unpaired) electrons. The lowest BCUT2D eigenvalue weighted by Gasteiger charge is -1.93. The van der Waals surface area contributed by atoms with Crippen molar-refractivity contribution < 1.29 is 4.39 Å². The normalized spacial score (nSPS) is 10.3. The lowest BCUT2D eigenvalue weighted by atomic mass is 10.2. The Morgan fingerprint density at radius 3 is 3.09 bits per heavy atom. The number of pyridine rings is 1. The van der Waals surface area contributed by atoms with E-state index in [4.69, 9.17) is 0 Å². The van der Waals surface area contributed by atoms with Gasteiger partial charge in [-0.05, 0) is 12.1 Å². The van der Waals surface area contributed by atoms with E-state index in [-0.39, 0.29) is 0 Å². The van der Waals surface area contributed by atoms with Crippen LogP contribution in [0.4, 0.5) is 4.39 Å². The molecule has 0 saturated heterocycles. The first-order valence-electron chi connectivity index (χ1n) is 3.29. The Kier molecular flexibility index (Phi) is 1.32. The summed E-state index contributed by atoms with van der Waals surface area (Å²) in [5.74, 6) is -0.458. The first kappa shape index (κ1) is 6.28. The molecule has 0 saturated carbocycles. The molecule has 2 rings (SSSR count). The summed E-state index contributed by atoms with van der Waals surface area (Å²) in [6.45, 7) is 0. The molecule has 0 N–H and O–H groups in total. The molecule has 0 fully saturated rings. The van der Waals surface area contributed by atoms with E-state index >= 15 is 0 Å². The lowest BCUT2D eigenvalue weighted by molar-refractivity contribution is 0.589. The van der Waals surface area contributed by atoms with Crippen LogP contribution in [0.3, 0.4) is 0 Å². The third-order valence-electron chi connectivity index (χ3n) is 1.48. The monoisotopic (exact) mass is 146 g/mol. The number of fused-ring (bicyclic) bond motifs is 1. The second-order valence-electron chi connectivity index (χ2n) is 2.24. The number of nitrogens with zero attached hydrogens (tertiary/aromatic N) is 1. The van der Waals surface area contributed by atoms with Crippen LogP contribution >= 0.6 is 0 Å². The zero-order chi connectivity index (χ0) is 7.68. The maximum Gasteiger partial charge on any atom is 0.213 e. The fourth-order valence-corrected chi connectivity index (χ4v) is 0.975. The van der Waals surface area contributed by atoms with E-state index in [0.717, 1.165) is 5.39 Å². The van der Waals surface area contributed by atoms with Crippen LogP contribution in [-0.4, -0.2) is 4.98 Å². The average molecular weight is 146 g/mol. The summed E-state index contributed by atoms with van der Waals surface area (Å²) >= 11 is 0. The van der Waals surface area contributed by atoms with Gasteiger partial charge in [0.15, 0.2) is 0 Å². The quantitative estimate of drug-likeness (QED) is 0.519. The SMILES string of the molecule is Fc1ccc2ccc[c]c2n1. The lowest BCUT2D eigenvalue weighted by Crippen LogP contribution is -1.82. The van der Waals surface area contributed by atoms with Gasteiger partial charge in [-0.2, -0.15) is 4.39 Å². The minimum absolute atomic E-state index is 0.458. The van der Waals surface area contributed by atoms with E-state index in [1.54, 1.807) is 12.1 Å². The highest BCUT2D eigenvalue weighted by Crippen LogP contribution is 2.09. The van der Waals surface area contributed by atoms with Crippen molar-refractivity contribution in [2.75, 3.05) is 0 Å². The molecule has 1 aromatic heterocycles. The Labute approximate surface area is 63.5 Å². The molecule has 0 aliphatic rings. The summed E-state index contributed by atoms with van der Waals surface area (Å²) in [6, 6.07) is 11.3. The minimum Gasteiger partial charge on any atom is -0.219 e. The number of benzene rings is 1. The van der Waals surface area contributed by atoms with Crippen LogP contribution < -0.4 is 0 Å². The van der Waals surface area contributed by atoms with Gasteiger partial charge in [0.25, 0.3) is 0 Å². The van der Waals surface area contributed by atoms with E-state index in [1.165, 1.54) is 6.07 Å². The van der Waals surface area contributed by atoms with Crippen molar-refractivity contribution in [2.45, 2.75) is 0 Å². The Hall–Kier alpha value is -1.44. The van der Waals surface area contributed by atoms with Gasteiger partial charge in [0.2, 0.25) is 5.95 Å². The van der Waals surface area contributed by atoms with Gasteiger partial charge in [-0.3, -0.25) is 0 Å². The number of halogens is 1. The third kappa shape index (κ3) is 1.07. The highest BCUT2D eigenvalue weighted by molar-refractivity contribution is 5.77. The summed E-state index contributed by atoms with van der Waals surface area (Å²) in [5, 5.41) is 0.911. The predicted octanol–water partition coefficient (Wildman–Crippen LogP) is 2.17. The smallest absolute Gasteiger partial charge is 0.213 e. The largest absolute Gasteiger partial charge is 0.219 e. The van der Waals surface area contributed by atoms with Crippen LogP contribution in [0.2, 0.25) is 0 Å². The average Bonchev–Trinajstić information content (AvgIpc) is 2.04. The minimum atomic E-state index is -0.458. The zero-order valence-electron chi connectivity index (χ0n) is 5.71. The van der Waals surface area contributed by atoms with Crippen molar-refractivity contribution in [3.8, 4) is 0 Å². The number of rotatable bonds is 0. The molecule has 0 aliphatic carbocycles. The number of aromatic nitrogens is 1. The third-order valence-corrected chi connectivity index (χ3v) is 1.48. The molecule has 1 nitrogen and oxygen atoms in total. The topological polar surface area (TPSA) is 12.9 Å². The van der Waals surface area contributed by atoms with E-state index in [0.29, 0.717) is 5.52 Å². The van der Waals surface area contributed by atoms with Gasteiger partial charge in [0, 0.05) is 11.5 Å². The fourth-order valence-electron chi connectivity index (χ4n) is 0.975. The first-order valence-corrected chi connectivity index (χ1v) is 3.29. The van der Waals surface area contributed by atoms with Crippen LogP contribution in [0.15, 0.2) is 30.3 Å². The Balaban J connectivity index is 2.83. The molecule has 0 aliphatic heterocycles. The molecule has 0 spiro atoms. The molecule has 1 aromatic carbocycles. The van der Waals surface area contributed by atoms with E-state index in [2.05, 4.69) is 11.1 Å². The molecule has 2 heteroatoms. The summed E-state index contributed by atoms with van der Waals surface area (Å²) in [7, 11) is 0. The first-order chi connectivity index (χ1) is 5.36. The number of para-hydroxylation sites is 1. The highest BCUT2D eigenvalue weighted by atomic mass is 19.1. The molecule has 1 heterocycles. The second-order valence-corrected chi connectivity index (χ2v) is 2.24. The summed E-state index contributed by atoms with van der Waals surface area (Å²) in [5.41, 5.74) is 0.576. The molecule has 0 unspecified atom stereocenters. The highest BCUT2D eigenvalue weighted by Gasteiger charge is 1.94. The van der Waals surface area contributed by atoms with Crippen LogP contribution in [-0.2, 0) is 0 Å². The zero-order valence-corrected chi connectivity index (χ0v) is 5.71. The van der Waals surface area contributed by atoms with Crippen molar-refractivity contribution >= 4 is 10.9 Å². The molecule has 0 bridgehead atoms. The van der Waals surface area contributed by atoms with Crippen LogP contribution in [0, 0.1) is 12.0 Å². The van der Waals surface area contributed by atoms with Crippen molar-refractivity contribution in [1.82, 2.24) is 4.98 Å². The molecule has 11 heavy (non-hydrogen) atoms. The van der Waals surface area contributed by atoms with Gasteiger partial charge in [-0.15, -0.1) is 0 Å². The summed E-state index contributed by atoms with van der Waals surface area (Å²) < 4.78 is 12.5. The molecular weight excluding hydrogens is 141 g/mol. The van der Waals surface area contributed by atoms with Crippen LogP contribution in [0.25, 0.3) is 10.9 Å². The van der Waals surface area contributed by atoms with Gasteiger partial charge in [0.05, 0.1) is 5.52 Å². The van der Waals surface area contributed by atoms with E-state index < -0.39 is 5.95 Å². The fraction of sp³-hybridized carbons (Fsp3) is 0. The summed E-state index contributed by atoms with van der Waals surface area (Å²) in [4.78, 5) is 3.65. The van der Waals surface area contributed by atoms with Crippen LogP contribution in [0.1, 0.15) is 0 Å². The maximum absolute atomic E-state index is 12.5. The molecule has 0 atom stereocenters. The van der Waals surface area contributed by atoms with Crippen LogP contribution in [0.5, 0.6) is 0 Å². The molecule has 2 aromatic rings.